The van der Waals surface area contributed by atoms with E-state index in [0.717, 1.165) is 25.9 Å². The van der Waals surface area contributed by atoms with Gasteiger partial charge in [-0.2, -0.15) is 0 Å². The van der Waals surface area contributed by atoms with E-state index < -0.39 is 0 Å². The van der Waals surface area contributed by atoms with E-state index in [1.165, 1.54) is 38.5 Å². The zero-order chi connectivity index (χ0) is 13.9. The average molecular weight is 280 g/mol. The number of esters is 1. The van der Waals surface area contributed by atoms with Crippen molar-refractivity contribution < 1.29 is 9.53 Å². The highest BCUT2D eigenvalue weighted by atomic mass is 16.5. The van der Waals surface area contributed by atoms with Crippen molar-refractivity contribution in [3.8, 4) is 0 Å². The fraction of sp³-hybridized carbons (Fsp3) is 0.938. The quantitative estimate of drug-likeness (QED) is 0.741. The maximum atomic E-state index is 12.1. The maximum absolute atomic E-state index is 12.1. The van der Waals surface area contributed by atoms with E-state index in [4.69, 9.17) is 4.74 Å². The molecule has 4 nitrogen and oxygen atoms in total. The van der Waals surface area contributed by atoms with Gasteiger partial charge in [0.15, 0.2) is 0 Å². The summed E-state index contributed by atoms with van der Waals surface area (Å²) in [7, 11) is 2.22. The predicted octanol–water partition coefficient (Wildman–Crippen LogP) is 2.03. The summed E-state index contributed by atoms with van der Waals surface area (Å²) in [6.45, 7) is 2.63. The van der Waals surface area contributed by atoms with Crippen LogP contribution >= 0.6 is 0 Å². The number of ether oxygens (including phenoxy) is 1. The molecule has 3 aliphatic rings. The third-order valence-corrected chi connectivity index (χ3v) is 5.40. The summed E-state index contributed by atoms with van der Waals surface area (Å²) in [6, 6.07) is 1.29. The molecule has 3 rings (SSSR count). The molecule has 2 bridgehead atoms. The lowest BCUT2D eigenvalue weighted by atomic mass is 10.0. The van der Waals surface area contributed by atoms with Crippen LogP contribution in [-0.2, 0) is 9.53 Å². The summed E-state index contributed by atoms with van der Waals surface area (Å²) in [5.41, 5.74) is 0. The molecule has 2 unspecified atom stereocenters. The Bertz CT molecular complexity index is 325. The molecule has 2 atom stereocenters. The molecule has 3 saturated heterocycles. The lowest BCUT2D eigenvalue weighted by Crippen LogP contribution is -2.44. The van der Waals surface area contributed by atoms with Gasteiger partial charge in [-0.05, 0) is 58.7 Å². The smallest absolute Gasteiger partial charge is 0.320 e. The summed E-state index contributed by atoms with van der Waals surface area (Å²) >= 11 is 0. The molecule has 0 aromatic heterocycles. The van der Waals surface area contributed by atoms with Crippen LogP contribution in [0.1, 0.15) is 51.4 Å². The largest absolute Gasteiger partial charge is 0.461 e. The Morgan fingerprint density at radius 2 is 1.65 bits per heavy atom. The van der Waals surface area contributed by atoms with Gasteiger partial charge >= 0.3 is 5.97 Å². The summed E-state index contributed by atoms with van der Waals surface area (Å²) in [4.78, 5) is 16.9. The van der Waals surface area contributed by atoms with Gasteiger partial charge in [0.1, 0.15) is 6.10 Å². The SMILES string of the molecule is CN1C2CCC1CC(OC(=O)CN1CCCCCC1)C2. The van der Waals surface area contributed by atoms with E-state index in [1.54, 1.807) is 0 Å². The molecular formula is C16H28N2O2. The number of rotatable bonds is 3. The van der Waals surface area contributed by atoms with Crippen LogP contribution in [0.2, 0.25) is 0 Å². The Balaban J connectivity index is 1.45. The molecule has 0 aliphatic carbocycles. The van der Waals surface area contributed by atoms with Gasteiger partial charge < -0.3 is 9.64 Å². The molecule has 3 aliphatic heterocycles. The van der Waals surface area contributed by atoms with Crippen LogP contribution in [-0.4, -0.2) is 60.6 Å². The predicted molar refractivity (Wildman–Crippen MR) is 78.6 cm³/mol. The second-order valence-electron chi connectivity index (χ2n) is 6.82. The first kappa shape index (κ1) is 14.3. The lowest BCUT2D eigenvalue weighted by molar-refractivity contribution is -0.153. The lowest BCUT2D eigenvalue weighted by Gasteiger charge is -2.36. The normalized spacial score (nSPS) is 35.8. The molecule has 0 aromatic carbocycles. The summed E-state index contributed by atoms with van der Waals surface area (Å²) in [5, 5.41) is 0. The van der Waals surface area contributed by atoms with Crippen LogP contribution in [0.25, 0.3) is 0 Å². The Hall–Kier alpha value is -0.610. The van der Waals surface area contributed by atoms with Gasteiger partial charge in [-0.25, -0.2) is 0 Å². The van der Waals surface area contributed by atoms with Gasteiger partial charge in [0.05, 0.1) is 6.54 Å². The van der Waals surface area contributed by atoms with Crippen LogP contribution in [0.3, 0.4) is 0 Å². The highest BCUT2D eigenvalue weighted by Crippen LogP contribution is 2.35. The molecule has 3 heterocycles. The summed E-state index contributed by atoms with van der Waals surface area (Å²) < 4.78 is 5.76. The fourth-order valence-corrected chi connectivity index (χ4v) is 4.16. The maximum Gasteiger partial charge on any atom is 0.320 e. The Morgan fingerprint density at radius 1 is 1.05 bits per heavy atom. The first-order valence-corrected chi connectivity index (χ1v) is 8.36. The van der Waals surface area contributed by atoms with Gasteiger partial charge in [-0.1, -0.05) is 12.8 Å². The van der Waals surface area contributed by atoms with E-state index in [1.807, 2.05) is 0 Å². The number of carbonyl (C=O) groups excluding carboxylic acids is 1. The highest BCUT2D eigenvalue weighted by molar-refractivity contribution is 5.71. The molecule has 0 amide bonds. The molecule has 4 heteroatoms. The molecule has 114 valence electrons. The average Bonchev–Trinajstić information content (AvgIpc) is 2.67. The van der Waals surface area contributed by atoms with Crippen molar-refractivity contribution in [3.63, 3.8) is 0 Å². The van der Waals surface area contributed by atoms with Crippen LogP contribution in [0, 0.1) is 0 Å². The molecule has 0 saturated carbocycles. The third-order valence-electron chi connectivity index (χ3n) is 5.40. The molecule has 3 fully saturated rings. The highest BCUT2D eigenvalue weighted by Gasteiger charge is 2.39. The van der Waals surface area contributed by atoms with Gasteiger partial charge in [-0.15, -0.1) is 0 Å². The Morgan fingerprint density at radius 3 is 2.25 bits per heavy atom. The first-order chi connectivity index (χ1) is 9.72. The fourth-order valence-electron chi connectivity index (χ4n) is 4.16. The van der Waals surface area contributed by atoms with Crippen LogP contribution < -0.4 is 0 Å². The minimum Gasteiger partial charge on any atom is -0.461 e. The zero-order valence-electron chi connectivity index (χ0n) is 12.7. The van der Waals surface area contributed by atoms with Gasteiger partial charge in [0.2, 0.25) is 0 Å². The van der Waals surface area contributed by atoms with E-state index >= 15 is 0 Å². The van der Waals surface area contributed by atoms with Crippen molar-refractivity contribution in [1.82, 2.24) is 9.80 Å². The van der Waals surface area contributed by atoms with Crippen molar-refractivity contribution in [2.45, 2.75) is 69.6 Å². The summed E-state index contributed by atoms with van der Waals surface area (Å²) in [6.07, 6.45) is 9.88. The van der Waals surface area contributed by atoms with Crippen LogP contribution in [0.4, 0.5) is 0 Å². The topological polar surface area (TPSA) is 32.8 Å². The monoisotopic (exact) mass is 280 g/mol. The minimum atomic E-state index is 0.000790. The molecule has 20 heavy (non-hydrogen) atoms. The van der Waals surface area contributed by atoms with Crippen molar-refractivity contribution in [1.29, 1.82) is 0 Å². The number of fused-ring (bicyclic) bond motifs is 2. The van der Waals surface area contributed by atoms with E-state index in [0.29, 0.717) is 18.6 Å². The first-order valence-electron chi connectivity index (χ1n) is 8.36. The summed E-state index contributed by atoms with van der Waals surface area (Å²) in [5.74, 6) is 0.000790. The number of hydrogen-bond donors (Lipinski definition) is 0. The second kappa shape index (κ2) is 6.44. The number of carbonyl (C=O) groups is 1. The van der Waals surface area contributed by atoms with E-state index in [-0.39, 0.29) is 12.1 Å². The molecule has 0 spiro atoms. The minimum absolute atomic E-state index is 0.000790. The molecule has 0 aromatic rings. The number of hydrogen-bond acceptors (Lipinski definition) is 4. The van der Waals surface area contributed by atoms with Crippen LogP contribution in [0.5, 0.6) is 0 Å². The standard InChI is InChI=1S/C16H28N2O2/c1-17-13-6-7-14(17)11-15(10-13)20-16(19)12-18-8-4-2-3-5-9-18/h13-15H,2-12H2,1H3. The second-order valence-corrected chi connectivity index (χ2v) is 6.82. The number of piperidine rings is 1. The van der Waals surface area contributed by atoms with Crippen molar-refractivity contribution >= 4 is 5.97 Å². The number of nitrogens with zero attached hydrogens (tertiary/aromatic N) is 2. The van der Waals surface area contributed by atoms with Gasteiger partial charge in [-0.3, -0.25) is 9.69 Å². The third kappa shape index (κ3) is 3.34. The molecular weight excluding hydrogens is 252 g/mol. The van der Waals surface area contributed by atoms with Crippen molar-refractivity contribution in [2.24, 2.45) is 0 Å². The van der Waals surface area contributed by atoms with Crippen molar-refractivity contribution in [2.75, 3.05) is 26.7 Å². The molecule has 0 radical (unpaired) electrons. The van der Waals surface area contributed by atoms with Crippen LogP contribution in [0.15, 0.2) is 0 Å². The zero-order valence-corrected chi connectivity index (χ0v) is 12.7. The Kier molecular flexibility index (Phi) is 4.61. The van der Waals surface area contributed by atoms with E-state index in [2.05, 4.69) is 16.8 Å². The van der Waals surface area contributed by atoms with Gasteiger partial charge in [0, 0.05) is 12.1 Å². The molecule has 0 N–H and O–H groups in total. The van der Waals surface area contributed by atoms with Crippen molar-refractivity contribution in [3.05, 3.63) is 0 Å². The van der Waals surface area contributed by atoms with E-state index in [9.17, 15) is 4.79 Å². The number of likely N-dealkylation sites (tertiary alicyclic amines) is 1. The van der Waals surface area contributed by atoms with Gasteiger partial charge in [0.25, 0.3) is 0 Å². The Labute approximate surface area is 122 Å².